The summed E-state index contributed by atoms with van der Waals surface area (Å²) in [5, 5.41) is 17.1. The number of carbonyl (C=O) groups is 4. The molecule has 11 heteroatoms. The highest BCUT2D eigenvalue weighted by Gasteiger charge is 2.29. The lowest BCUT2D eigenvalue weighted by Crippen LogP contribution is -2.57. The van der Waals surface area contributed by atoms with Crippen molar-refractivity contribution in [2.45, 2.75) is 57.8 Å². The van der Waals surface area contributed by atoms with Crippen LogP contribution >= 0.6 is 0 Å². The Morgan fingerprint density at radius 3 is 2.15 bits per heavy atom. The number of nitrogens with one attached hydrogen (secondary N) is 4. The highest BCUT2D eigenvalue weighted by Crippen LogP contribution is 2.06. The number of carboxylic acid groups (broad SMARTS) is 1. The lowest BCUT2D eigenvalue weighted by atomic mass is 10.0. The fraction of sp³-hybridized carbons (Fsp3) is 0.435. The van der Waals surface area contributed by atoms with Crippen LogP contribution in [0.15, 0.2) is 42.9 Å². The summed E-state index contributed by atoms with van der Waals surface area (Å²) in [7, 11) is 0. The largest absolute Gasteiger partial charge is 0.480 e. The molecule has 4 atom stereocenters. The van der Waals surface area contributed by atoms with Gasteiger partial charge in [-0.1, -0.05) is 44.2 Å². The van der Waals surface area contributed by atoms with Crippen LogP contribution in [0.2, 0.25) is 0 Å². The number of aromatic amines is 1. The fourth-order valence-corrected chi connectivity index (χ4v) is 3.12. The van der Waals surface area contributed by atoms with Crippen LogP contribution in [0.5, 0.6) is 0 Å². The first-order chi connectivity index (χ1) is 16.1. The van der Waals surface area contributed by atoms with Crippen molar-refractivity contribution in [2.75, 3.05) is 0 Å². The smallest absolute Gasteiger partial charge is 0.326 e. The molecular formula is C23H32N6O5. The van der Waals surface area contributed by atoms with Gasteiger partial charge in [0.2, 0.25) is 17.7 Å². The molecular weight excluding hydrogens is 440 g/mol. The maximum absolute atomic E-state index is 13.0. The molecule has 0 saturated heterocycles. The Labute approximate surface area is 197 Å². The molecule has 2 rings (SSSR count). The van der Waals surface area contributed by atoms with Gasteiger partial charge in [-0.25, -0.2) is 9.78 Å². The van der Waals surface area contributed by atoms with Crippen LogP contribution in [0, 0.1) is 5.92 Å². The lowest BCUT2D eigenvalue weighted by Gasteiger charge is -2.24. The molecule has 1 aromatic carbocycles. The van der Waals surface area contributed by atoms with E-state index in [0.717, 1.165) is 5.56 Å². The number of H-pyrrole nitrogens is 1. The molecule has 4 unspecified atom stereocenters. The molecule has 0 fully saturated rings. The molecule has 0 aliphatic carbocycles. The van der Waals surface area contributed by atoms with E-state index in [1.54, 1.807) is 13.8 Å². The van der Waals surface area contributed by atoms with Crippen LogP contribution in [0.1, 0.15) is 32.0 Å². The monoisotopic (exact) mass is 472 g/mol. The van der Waals surface area contributed by atoms with E-state index in [4.69, 9.17) is 5.73 Å². The maximum Gasteiger partial charge on any atom is 0.326 e. The summed E-state index contributed by atoms with van der Waals surface area (Å²) in [6.45, 7) is 5.03. The molecule has 11 nitrogen and oxygen atoms in total. The third kappa shape index (κ3) is 8.00. The average Bonchev–Trinajstić information content (AvgIpc) is 3.31. The van der Waals surface area contributed by atoms with Crippen molar-refractivity contribution >= 4 is 23.7 Å². The first-order valence-corrected chi connectivity index (χ1v) is 11.0. The van der Waals surface area contributed by atoms with Gasteiger partial charge in [-0.2, -0.15) is 0 Å². The average molecular weight is 473 g/mol. The summed E-state index contributed by atoms with van der Waals surface area (Å²) < 4.78 is 0. The van der Waals surface area contributed by atoms with Crippen molar-refractivity contribution in [3.8, 4) is 0 Å². The molecule has 184 valence electrons. The van der Waals surface area contributed by atoms with Gasteiger partial charge in [-0.05, 0) is 18.4 Å². The zero-order valence-electron chi connectivity index (χ0n) is 19.4. The van der Waals surface area contributed by atoms with Crippen LogP contribution < -0.4 is 21.7 Å². The Bertz CT molecular complexity index is 963. The van der Waals surface area contributed by atoms with Crippen molar-refractivity contribution in [2.24, 2.45) is 11.7 Å². The Kier molecular flexibility index (Phi) is 9.75. The second kappa shape index (κ2) is 12.5. The number of carboxylic acids is 1. The van der Waals surface area contributed by atoms with Crippen molar-refractivity contribution in [3.05, 3.63) is 54.1 Å². The van der Waals surface area contributed by atoms with Crippen LogP contribution in [-0.4, -0.2) is 62.9 Å². The van der Waals surface area contributed by atoms with E-state index in [1.807, 2.05) is 30.3 Å². The minimum absolute atomic E-state index is 0.00151. The summed E-state index contributed by atoms with van der Waals surface area (Å²) in [4.78, 5) is 56.3. The molecule has 1 aromatic heterocycles. The van der Waals surface area contributed by atoms with Crippen molar-refractivity contribution in [1.29, 1.82) is 0 Å². The van der Waals surface area contributed by atoms with E-state index in [-0.39, 0.29) is 18.8 Å². The number of imidazole rings is 1. The number of hydrogen-bond donors (Lipinski definition) is 6. The number of benzene rings is 1. The Morgan fingerprint density at radius 1 is 0.941 bits per heavy atom. The van der Waals surface area contributed by atoms with Crippen LogP contribution in [-0.2, 0) is 32.0 Å². The number of nitrogens with zero attached hydrogens (tertiary/aromatic N) is 1. The Morgan fingerprint density at radius 2 is 1.59 bits per heavy atom. The lowest BCUT2D eigenvalue weighted by molar-refractivity contribution is -0.142. The molecule has 0 aliphatic heterocycles. The van der Waals surface area contributed by atoms with E-state index in [1.165, 1.54) is 19.4 Å². The van der Waals surface area contributed by atoms with Gasteiger partial charge in [-0.15, -0.1) is 0 Å². The maximum atomic E-state index is 13.0. The van der Waals surface area contributed by atoms with Crippen molar-refractivity contribution < 1.29 is 24.3 Å². The van der Waals surface area contributed by atoms with E-state index >= 15 is 0 Å². The SMILES string of the molecule is CC(NC(=O)C(Cc1ccccc1)NC(=O)C(N)C(C)C)C(=O)NC(Cc1cnc[nH]1)C(=O)O. The first kappa shape index (κ1) is 26.5. The van der Waals surface area contributed by atoms with Crippen molar-refractivity contribution in [1.82, 2.24) is 25.9 Å². The van der Waals surface area contributed by atoms with Crippen LogP contribution in [0.4, 0.5) is 0 Å². The van der Waals surface area contributed by atoms with Gasteiger partial charge < -0.3 is 31.8 Å². The van der Waals surface area contributed by atoms with Gasteiger partial charge in [0.1, 0.15) is 18.1 Å². The Hall–Kier alpha value is -3.73. The number of aliphatic carboxylic acids is 1. The predicted molar refractivity (Wildman–Crippen MR) is 124 cm³/mol. The fourth-order valence-electron chi connectivity index (χ4n) is 3.12. The van der Waals surface area contributed by atoms with E-state index < -0.39 is 47.9 Å². The summed E-state index contributed by atoms with van der Waals surface area (Å²) in [6, 6.07) is 5.06. The van der Waals surface area contributed by atoms with E-state index in [2.05, 4.69) is 25.9 Å². The van der Waals surface area contributed by atoms with Gasteiger partial charge in [0.05, 0.1) is 12.4 Å². The standard InChI is InChI=1S/C23H32N6O5/c1-13(2)19(24)22(32)28-17(9-15-7-5-4-6-8-15)21(31)27-14(3)20(30)29-18(23(33)34)10-16-11-25-12-26-16/h4-8,11-14,17-19H,9-10,24H2,1-3H3,(H,25,26)(H,27,31)(H,28,32)(H,29,30)(H,33,34). The number of nitrogens with two attached hydrogens (primary N) is 1. The third-order valence-corrected chi connectivity index (χ3v) is 5.28. The van der Waals surface area contributed by atoms with Gasteiger partial charge in [0.15, 0.2) is 0 Å². The van der Waals surface area contributed by atoms with Crippen LogP contribution in [0.3, 0.4) is 0 Å². The molecule has 0 bridgehead atoms. The predicted octanol–water partition coefficient (Wildman–Crippen LogP) is -0.263. The summed E-state index contributed by atoms with van der Waals surface area (Å²) in [5.74, 6) is -3.10. The number of carbonyl (C=O) groups excluding carboxylic acids is 3. The van der Waals surface area contributed by atoms with Gasteiger partial charge >= 0.3 is 5.97 Å². The zero-order valence-corrected chi connectivity index (χ0v) is 19.4. The molecule has 0 saturated carbocycles. The summed E-state index contributed by atoms with van der Waals surface area (Å²) >= 11 is 0. The van der Waals surface area contributed by atoms with Crippen molar-refractivity contribution in [3.63, 3.8) is 0 Å². The van der Waals surface area contributed by atoms with Crippen LogP contribution in [0.25, 0.3) is 0 Å². The molecule has 0 radical (unpaired) electrons. The first-order valence-electron chi connectivity index (χ1n) is 11.0. The van der Waals surface area contributed by atoms with Gasteiger partial charge in [0, 0.05) is 24.7 Å². The zero-order chi connectivity index (χ0) is 25.3. The molecule has 1 heterocycles. The molecule has 3 amide bonds. The number of aromatic nitrogens is 2. The molecule has 0 aliphatic rings. The van der Waals surface area contributed by atoms with Gasteiger partial charge in [-0.3, -0.25) is 14.4 Å². The second-order valence-corrected chi connectivity index (χ2v) is 8.43. The number of hydrogen-bond acceptors (Lipinski definition) is 6. The normalized spacial score (nSPS) is 14.5. The molecule has 0 spiro atoms. The minimum atomic E-state index is -1.22. The minimum Gasteiger partial charge on any atom is -0.480 e. The highest BCUT2D eigenvalue weighted by molar-refractivity contribution is 5.94. The second-order valence-electron chi connectivity index (χ2n) is 8.43. The summed E-state index contributed by atoms with van der Waals surface area (Å²) in [5.41, 5.74) is 7.27. The summed E-state index contributed by atoms with van der Waals surface area (Å²) in [6.07, 6.45) is 3.06. The number of rotatable bonds is 12. The van der Waals surface area contributed by atoms with E-state index in [0.29, 0.717) is 5.69 Å². The topological polar surface area (TPSA) is 179 Å². The van der Waals surface area contributed by atoms with E-state index in [9.17, 15) is 24.3 Å². The highest BCUT2D eigenvalue weighted by atomic mass is 16.4. The quantitative estimate of drug-likeness (QED) is 0.246. The third-order valence-electron chi connectivity index (χ3n) is 5.28. The Balaban J connectivity index is 2.06. The van der Waals surface area contributed by atoms with Gasteiger partial charge in [0.25, 0.3) is 0 Å². The molecule has 7 N–H and O–H groups in total. The number of amides is 3. The molecule has 34 heavy (non-hydrogen) atoms. The molecule has 2 aromatic rings.